The van der Waals surface area contributed by atoms with E-state index in [1.165, 1.54) is 0 Å². The van der Waals surface area contributed by atoms with Gasteiger partial charge in [-0.3, -0.25) is 13.9 Å². The Labute approximate surface area is 131 Å². The molecule has 2 aromatic rings. The molecule has 0 aromatic heterocycles. The number of aromatic hydroxyl groups is 1. The summed E-state index contributed by atoms with van der Waals surface area (Å²) in [5, 5.41) is 12.0. The molecule has 0 radical (unpaired) electrons. The van der Waals surface area contributed by atoms with Crippen LogP contribution in [-0.2, 0) is 25.0 Å². The summed E-state index contributed by atoms with van der Waals surface area (Å²) >= 11 is 0. The highest BCUT2D eigenvalue weighted by Gasteiger charge is 2.20. The average Bonchev–Trinajstić information content (AvgIpc) is 2.35. The minimum absolute atomic E-state index is 0.00792. The second-order valence-corrected chi connectivity index (χ2v) is 7.45. The molecular weight excluding hydrogens is 350 g/mol. The van der Waals surface area contributed by atoms with Crippen molar-refractivity contribution < 1.29 is 35.8 Å². The van der Waals surface area contributed by atoms with E-state index in [2.05, 4.69) is 5.32 Å². The van der Waals surface area contributed by atoms with Gasteiger partial charge < -0.3 is 10.4 Å². The van der Waals surface area contributed by atoms with Crippen LogP contribution in [0.15, 0.2) is 34.1 Å². The molecule has 0 saturated carbocycles. The lowest BCUT2D eigenvalue weighted by Crippen LogP contribution is -2.11. The predicted molar refractivity (Wildman–Crippen MR) is 79.5 cm³/mol. The van der Waals surface area contributed by atoms with E-state index in [-0.39, 0.29) is 16.5 Å². The van der Waals surface area contributed by atoms with Crippen LogP contribution in [0, 0.1) is 0 Å². The van der Waals surface area contributed by atoms with E-state index in [0.29, 0.717) is 0 Å². The van der Waals surface area contributed by atoms with Crippen LogP contribution in [0.5, 0.6) is 5.75 Å². The van der Waals surface area contributed by atoms with Crippen LogP contribution < -0.4 is 5.32 Å². The van der Waals surface area contributed by atoms with E-state index in [1.54, 1.807) is 0 Å². The van der Waals surface area contributed by atoms with Gasteiger partial charge in [0.2, 0.25) is 5.91 Å². The summed E-state index contributed by atoms with van der Waals surface area (Å²) in [6, 6.07) is 3.60. The molecule has 0 unspecified atom stereocenters. The second kappa shape index (κ2) is 5.45. The van der Waals surface area contributed by atoms with Gasteiger partial charge in [-0.15, -0.1) is 0 Å². The molecular formula is C12H11NO8S2. The SMILES string of the molecule is CC(=O)Nc1cc2c(O)cc(S(=O)(=O)O)cc2cc1S(=O)(=O)O. The molecule has 0 spiro atoms. The van der Waals surface area contributed by atoms with Crippen LogP contribution in [0.3, 0.4) is 0 Å². The first kappa shape index (κ1) is 17.1. The molecule has 0 aliphatic rings. The van der Waals surface area contributed by atoms with Gasteiger partial charge in [0.1, 0.15) is 10.6 Å². The van der Waals surface area contributed by atoms with E-state index >= 15 is 0 Å². The lowest BCUT2D eigenvalue weighted by molar-refractivity contribution is -0.114. The van der Waals surface area contributed by atoms with Crippen molar-refractivity contribution in [3.05, 3.63) is 24.3 Å². The van der Waals surface area contributed by atoms with Gasteiger partial charge in [-0.05, 0) is 23.6 Å². The second-order valence-electron chi connectivity index (χ2n) is 4.64. The van der Waals surface area contributed by atoms with E-state index < -0.39 is 41.7 Å². The Morgan fingerprint density at radius 3 is 2.09 bits per heavy atom. The standard InChI is InChI=1S/C12H11NO8S2/c1-6(14)13-10-5-9-7(3-12(10)23(19,20)21)2-8(4-11(9)15)22(16,17)18/h2-5,15H,1H3,(H,13,14)(H,16,17,18)(H,19,20,21). The molecule has 9 nitrogen and oxygen atoms in total. The number of amides is 1. The molecule has 1 amide bonds. The maximum Gasteiger partial charge on any atom is 0.296 e. The summed E-state index contributed by atoms with van der Waals surface area (Å²) in [7, 11) is -9.38. The van der Waals surface area contributed by atoms with Crippen LogP contribution in [0.4, 0.5) is 5.69 Å². The van der Waals surface area contributed by atoms with Gasteiger partial charge >= 0.3 is 0 Å². The number of benzene rings is 2. The smallest absolute Gasteiger partial charge is 0.296 e. The first-order valence-electron chi connectivity index (χ1n) is 5.93. The summed E-state index contributed by atoms with van der Waals surface area (Å²) in [4.78, 5) is 9.79. The fourth-order valence-corrected chi connectivity index (χ4v) is 3.19. The molecule has 0 atom stereocenters. The molecule has 23 heavy (non-hydrogen) atoms. The Morgan fingerprint density at radius 1 is 1.00 bits per heavy atom. The van der Waals surface area contributed by atoms with Crippen molar-refractivity contribution >= 4 is 42.6 Å². The van der Waals surface area contributed by atoms with Crippen molar-refractivity contribution in [1.29, 1.82) is 0 Å². The van der Waals surface area contributed by atoms with Crippen LogP contribution in [0.2, 0.25) is 0 Å². The monoisotopic (exact) mass is 361 g/mol. The Bertz CT molecular complexity index is 1020. The van der Waals surface area contributed by atoms with Gasteiger partial charge in [-0.1, -0.05) is 0 Å². The van der Waals surface area contributed by atoms with E-state index in [4.69, 9.17) is 4.55 Å². The third-order valence-corrected chi connectivity index (χ3v) is 4.62. The number of phenolic OH excluding ortho intramolecular Hbond substituents is 1. The molecule has 124 valence electrons. The molecule has 4 N–H and O–H groups in total. The fraction of sp³-hybridized carbons (Fsp3) is 0.0833. The summed E-state index contributed by atoms with van der Waals surface area (Å²) in [6.45, 7) is 1.11. The first-order valence-corrected chi connectivity index (χ1v) is 8.81. The number of carbonyl (C=O) groups is 1. The maximum atomic E-state index is 11.4. The van der Waals surface area contributed by atoms with Crippen LogP contribution in [0.1, 0.15) is 6.92 Å². The lowest BCUT2D eigenvalue weighted by atomic mass is 10.1. The third kappa shape index (κ3) is 3.59. The van der Waals surface area contributed by atoms with Gasteiger partial charge in [0.05, 0.1) is 10.6 Å². The van der Waals surface area contributed by atoms with Crippen LogP contribution in [-0.4, -0.2) is 37.0 Å². The molecule has 0 heterocycles. The highest BCUT2D eigenvalue weighted by Crippen LogP contribution is 2.34. The van der Waals surface area contributed by atoms with Crippen molar-refractivity contribution in [1.82, 2.24) is 0 Å². The number of nitrogens with one attached hydrogen (secondary N) is 1. The van der Waals surface area contributed by atoms with Gasteiger partial charge in [0.15, 0.2) is 0 Å². The molecule has 2 rings (SSSR count). The molecule has 11 heteroatoms. The largest absolute Gasteiger partial charge is 0.507 e. The van der Waals surface area contributed by atoms with E-state index in [0.717, 1.165) is 31.2 Å². The van der Waals surface area contributed by atoms with Crippen molar-refractivity contribution in [2.24, 2.45) is 0 Å². The zero-order valence-corrected chi connectivity index (χ0v) is 13.1. The molecule has 0 aliphatic heterocycles. The zero-order chi connectivity index (χ0) is 17.6. The normalized spacial score (nSPS) is 12.3. The Morgan fingerprint density at radius 2 is 1.61 bits per heavy atom. The highest BCUT2D eigenvalue weighted by atomic mass is 32.2. The molecule has 2 aromatic carbocycles. The van der Waals surface area contributed by atoms with Crippen molar-refractivity contribution in [2.45, 2.75) is 16.7 Å². The summed E-state index contributed by atoms with van der Waals surface area (Å²) in [5.41, 5.74) is -0.289. The maximum absolute atomic E-state index is 11.4. The Kier molecular flexibility index (Phi) is 4.07. The number of fused-ring (bicyclic) bond motifs is 1. The number of anilines is 1. The van der Waals surface area contributed by atoms with E-state index in [9.17, 15) is 31.3 Å². The number of hydrogen-bond donors (Lipinski definition) is 4. The molecule has 0 fully saturated rings. The third-order valence-electron chi connectivity index (χ3n) is 2.89. The quantitative estimate of drug-likeness (QED) is 0.589. The summed E-state index contributed by atoms with van der Waals surface area (Å²) in [5.74, 6) is -1.19. The van der Waals surface area contributed by atoms with Crippen molar-refractivity contribution in [3.8, 4) is 5.75 Å². The zero-order valence-electron chi connectivity index (χ0n) is 11.5. The minimum atomic E-state index is -4.74. The topological polar surface area (TPSA) is 158 Å². The molecule has 0 bridgehead atoms. The predicted octanol–water partition coefficient (Wildman–Crippen LogP) is 0.997. The minimum Gasteiger partial charge on any atom is -0.507 e. The first-order chi connectivity index (χ1) is 10.4. The van der Waals surface area contributed by atoms with Crippen molar-refractivity contribution in [3.63, 3.8) is 0 Å². The van der Waals surface area contributed by atoms with Crippen LogP contribution >= 0.6 is 0 Å². The van der Waals surface area contributed by atoms with Crippen molar-refractivity contribution in [2.75, 3.05) is 5.32 Å². The van der Waals surface area contributed by atoms with Crippen LogP contribution in [0.25, 0.3) is 10.8 Å². The number of hydrogen-bond acceptors (Lipinski definition) is 6. The van der Waals surface area contributed by atoms with Gasteiger partial charge in [-0.2, -0.15) is 16.8 Å². The summed E-state index contributed by atoms with van der Waals surface area (Å²) in [6.07, 6.45) is 0. The average molecular weight is 361 g/mol. The van der Waals surface area contributed by atoms with Gasteiger partial charge in [-0.25, -0.2) is 0 Å². The Hall–Kier alpha value is -2.21. The number of phenols is 1. The summed E-state index contributed by atoms with van der Waals surface area (Å²) < 4.78 is 63.4. The molecule has 0 aliphatic carbocycles. The lowest BCUT2D eigenvalue weighted by Gasteiger charge is -2.11. The highest BCUT2D eigenvalue weighted by molar-refractivity contribution is 7.86. The molecule has 0 saturated heterocycles. The number of carbonyl (C=O) groups excluding carboxylic acids is 1. The van der Waals surface area contributed by atoms with E-state index in [1.807, 2.05) is 0 Å². The van der Waals surface area contributed by atoms with Gasteiger partial charge in [0, 0.05) is 18.4 Å². The number of rotatable bonds is 3. The van der Waals surface area contributed by atoms with Gasteiger partial charge in [0.25, 0.3) is 20.2 Å². The fourth-order valence-electron chi connectivity index (χ4n) is 1.99. The Balaban J connectivity index is 2.90.